The Morgan fingerprint density at radius 3 is 2.30 bits per heavy atom. The standard InChI is InChI=1S/C23H29BrN2O/c24-21-9-5-4-8-20(21)16-25-13-12-22(23(27)17-25)26-14-10-19(11-15-26)18-6-2-1-3-7-18/h1-9,19,22-23,27H,10-17H2/t22-,23-/m1/s1. The number of hydrogen-bond donors (Lipinski definition) is 1. The first-order valence-corrected chi connectivity index (χ1v) is 10.9. The number of halogens is 1. The van der Waals surface area contributed by atoms with Crippen molar-refractivity contribution in [1.82, 2.24) is 9.80 Å². The maximum Gasteiger partial charge on any atom is 0.0822 e. The lowest BCUT2D eigenvalue weighted by Gasteiger charge is -2.44. The van der Waals surface area contributed by atoms with Crippen LogP contribution in [0.25, 0.3) is 0 Å². The topological polar surface area (TPSA) is 26.7 Å². The van der Waals surface area contributed by atoms with Crippen molar-refractivity contribution in [2.45, 2.75) is 43.9 Å². The minimum Gasteiger partial charge on any atom is -0.390 e. The summed E-state index contributed by atoms with van der Waals surface area (Å²) in [6.07, 6.45) is 3.21. The highest BCUT2D eigenvalue weighted by Gasteiger charge is 2.34. The first-order chi connectivity index (χ1) is 13.2. The van der Waals surface area contributed by atoms with Crippen LogP contribution in [0.1, 0.15) is 36.3 Å². The van der Waals surface area contributed by atoms with E-state index in [1.54, 1.807) is 0 Å². The molecular formula is C23H29BrN2O. The van der Waals surface area contributed by atoms with Gasteiger partial charge in [-0.15, -0.1) is 0 Å². The van der Waals surface area contributed by atoms with E-state index >= 15 is 0 Å². The lowest BCUT2D eigenvalue weighted by atomic mass is 9.87. The summed E-state index contributed by atoms with van der Waals surface area (Å²) >= 11 is 3.64. The Bertz CT molecular complexity index is 730. The van der Waals surface area contributed by atoms with Crippen molar-refractivity contribution in [2.24, 2.45) is 0 Å². The molecule has 3 nitrogen and oxygen atoms in total. The van der Waals surface area contributed by atoms with Gasteiger partial charge in [-0.25, -0.2) is 0 Å². The molecule has 1 N–H and O–H groups in total. The van der Waals surface area contributed by atoms with Gasteiger partial charge in [0, 0.05) is 30.1 Å². The van der Waals surface area contributed by atoms with Gasteiger partial charge in [-0.1, -0.05) is 64.5 Å². The number of benzene rings is 2. The van der Waals surface area contributed by atoms with Crippen LogP contribution in [0, 0.1) is 0 Å². The van der Waals surface area contributed by atoms with Gasteiger partial charge in [-0.2, -0.15) is 0 Å². The molecule has 0 aromatic heterocycles. The first kappa shape index (κ1) is 19.1. The highest BCUT2D eigenvalue weighted by molar-refractivity contribution is 9.10. The van der Waals surface area contributed by atoms with Gasteiger partial charge in [0.1, 0.15) is 0 Å². The molecule has 2 aromatic carbocycles. The number of piperidine rings is 2. The fourth-order valence-electron chi connectivity index (χ4n) is 4.71. The van der Waals surface area contributed by atoms with E-state index in [9.17, 15) is 5.11 Å². The number of aliphatic hydroxyl groups excluding tert-OH is 1. The van der Waals surface area contributed by atoms with Crippen LogP contribution in [0.2, 0.25) is 0 Å². The van der Waals surface area contributed by atoms with Gasteiger partial charge in [0.2, 0.25) is 0 Å². The Morgan fingerprint density at radius 2 is 1.59 bits per heavy atom. The molecule has 2 aliphatic rings. The minimum absolute atomic E-state index is 0.255. The number of rotatable bonds is 4. The van der Waals surface area contributed by atoms with Crippen LogP contribution in [-0.4, -0.2) is 53.2 Å². The van der Waals surface area contributed by atoms with E-state index in [0.29, 0.717) is 12.0 Å². The van der Waals surface area contributed by atoms with Crippen LogP contribution in [0.15, 0.2) is 59.1 Å². The van der Waals surface area contributed by atoms with Crippen LogP contribution in [0.5, 0.6) is 0 Å². The molecule has 4 rings (SSSR count). The third-order valence-electron chi connectivity index (χ3n) is 6.25. The summed E-state index contributed by atoms with van der Waals surface area (Å²) < 4.78 is 1.16. The molecule has 0 aliphatic carbocycles. The number of nitrogens with zero attached hydrogens (tertiary/aromatic N) is 2. The predicted octanol–water partition coefficient (Wildman–Crippen LogP) is 4.26. The number of hydrogen-bond acceptors (Lipinski definition) is 3. The second-order valence-corrected chi connectivity index (χ2v) is 8.83. The van der Waals surface area contributed by atoms with E-state index < -0.39 is 0 Å². The zero-order chi connectivity index (χ0) is 18.6. The fraction of sp³-hybridized carbons (Fsp3) is 0.478. The van der Waals surface area contributed by atoms with Crippen molar-refractivity contribution in [2.75, 3.05) is 26.2 Å². The van der Waals surface area contributed by atoms with Gasteiger partial charge in [-0.05, 0) is 55.5 Å². The molecule has 2 fully saturated rings. The Kier molecular flexibility index (Phi) is 6.28. The lowest BCUT2D eigenvalue weighted by molar-refractivity contribution is -0.0231. The Morgan fingerprint density at radius 1 is 0.889 bits per heavy atom. The SMILES string of the molecule is O[C@@H]1CN(Cc2ccccc2Br)CC[C@H]1N1CCC(c2ccccc2)CC1. The highest BCUT2D eigenvalue weighted by Crippen LogP contribution is 2.31. The van der Waals surface area contributed by atoms with E-state index in [-0.39, 0.29) is 6.10 Å². The quantitative estimate of drug-likeness (QED) is 0.787. The molecule has 2 atom stereocenters. The molecule has 144 valence electrons. The van der Waals surface area contributed by atoms with E-state index in [1.165, 1.54) is 24.0 Å². The van der Waals surface area contributed by atoms with Crippen LogP contribution < -0.4 is 0 Å². The monoisotopic (exact) mass is 428 g/mol. The van der Waals surface area contributed by atoms with Crippen molar-refractivity contribution in [3.05, 3.63) is 70.2 Å². The lowest BCUT2D eigenvalue weighted by Crippen LogP contribution is -2.55. The minimum atomic E-state index is -0.255. The summed E-state index contributed by atoms with van der Waals surface area (Å²) in [4.78, 5) is 4.93. The Balaban J connectivity index is 1.30. The largest absolute Gasteiger partial charge is 0.390 e. The molecule has 27 heavy (non-hydrogen) atoms. The smallest absolute Gasteiger partial charge is 0.0822 e. The van der Waals surface area contributed by atoms with Crippen molar-refractivity contribution < 1.29 is 5.11 Å². The van der Waals surface area contributed by atoms with E-state index in [0.717, 1.165) is 43.6 Å². The van der Waals surface area contributed by atoms with Gasteiger partial charge in [0.15, 0.2) is 0 Å². The summed E-state index contributed by atoms with van der Waals surface area (Å²) in [7, 11) is 0. The maximum atomic E-state index is 10.8. The molecule has 0 amide bonds. The molecule has 0 spiro atoms. The van der Waals surface area contributed by atoms with Gasteiger partial charge < -0.3 is 5.11 Å². The van der Waals surface area contributed by atoms with Crippen molar-refractivity contribution in [3.63, 3.8) is 0 Å². The second-order valence-electron chi connectivity index (χ2n) is 7.97. The van der Waals surface area contributed by atoms with Crippen LogP contribution in [0.4, 0.5) is 0 Å². The van der Waals surface area contributed by atoms with Gasteiger partial charge >= 0.3 is 0 Å². The molecule has 0 bridgehead atoms. The molecule has 2 aliphatic heterocycles. The summed E-state index contributed by atoms with van der Waals surface area (Å²) in [5.74, 6) is 0.676. The molecule has 2 aromatic rings. The van der Waals surface area contributed by atoms with Gasteiger partial charge in [0.25, 0.3) is 0 Å². The van der Waals surface area contributed by atoms with Crippen molar-refractivity contribution in [1.29, 1.82) is 0 Å². The average Bonchev–Trinajstić information content (AvgIpc) is 2.71. The molecule has 2 heterocycles. The number of likely N-dealkylation sites (tertiary alicyclic amines) is 2. The summed E-state index contributed by atoms with van der Waals surface area (Å²) in [5.41, 5.74) is 2.77. The Labute approximate surface area is 171 Å². The number of β-amino-alcohol motifs (C(OH)–C–C–N with tert-alkyl or cyclic N) is 1. The zero-order valence-electron chi connectivity index (χ0n) is 15.8. The van der Waals surface area contributed by atoms with Crippen molar-refractivity contribution in [3.8, 4) is 0 Å². The summed E-state index contributed by atoms with van der Waals surface area (Å²) in [5, 5.41) is 10.8. The molecule has 0 saturated carbocycles. The van der Waals surface area contributed by atoms with Crippen LogP contribution in [-0.2, 0) is 6.54 Å². The first-order valence-electron chi connectivity index (χ1n) is 10.1. The third kappa shape index (κ3) is 4.62. The molecule has 4 heteroatoms. The maximum absolute atomic E-state index is 10.8. The number of aliphatic hydroxyl groups is 1. The molecule has 0 unspecified atom stereocenters. The third-order valence-corrected chi connectivity index (χ3v) is 7.03. The summed E-state index contributed by atoms with van der Waals surface area (Å²) in [6.45, 7) is 4.94. The normalized spacial score (nSPS) is 25.6. The van der Waals surface area contributed by atoms with E-state index in [1.807, 2.05) is 6.07 Å². The molecule has 2 saturated heterocycles. The molecule has 0 radical (unpaired) electrons. The van der Waals surface area contributed by atoms with Gasteiger partial charge in [0.05, 0.1) is 6.10 Å². The van der Waals surface area contributed by atoms with E-state index in [2.05, 4.69) is 74.3 Å². The Hall–Kier alpha value is -1.20. The molecular weight excluding hydrogens is 400 g/mol. The van der Waals surface area contributed by atoms with E-state index in [4.69, 9.17) is 0 Å². The van der Waals surface area contributed by atoms with Crippen LogP contribution >= 0.6 is 15.9 Å². The average molecular weight is 429 g/mol. The highest BCUT2D eigenvalue weighted by atomic mass is 79.9. The fourth-order valence-corrected chi connectivity index (χ4v) is 5.12. The van der Waals surface area contributed by atoms with Gasteiger partial charge in [-0.3, -0.25) is 9.80 Å². The van der Waals surface area contributed by atoms with Crippen molar-refractivity contribution >= 4 is 15.9 Å². The second kappa shape index (κ2) is 8.87. The summed E-state index contributed by atoms with van der Waals surface area (Å²) in [6, 6.07) is 19.6. The zero-order valence-corrected chi connectivity index (χ0v) is 17.4. The predicted molar refractivity (Wildman–Crippen MR) is 114 cm³/mol. The van der Waals surface area contributed by atoms with Crippen LogP contribution in [0.3, 0.4) is 0 Å².